The Balaban J connectivity index is 1.31. The predicted molar refractivity (Wildman–Crippen MR) is 111 cm³/mol. The minimum Gasteiger partial charge on any atom is -0.367 e. The van der Waals surface area contributed by atoms with Crippen LogP contribution in [0.25, 0.3) is 10.9 Å². The second-order valence-electron chi connectivity index (χ2n) is 8.44. The van der Waals surface area contributed by atoms with Crippen LogP contribution in [-0.2, 0) is 22.6 Å². The van der Waals surface area contributed by atoms with E-state index < -0.39 is 0 Å². The molecule has 28 heavy (non-hydrogen) atoms. The van der Waals surface area contributed by atoms with Crippen molar-refractivity contribution in [2.45, 2.75) is 38.5 Å². The largest absolute Gasteiger partial charge is 0.367 e. The number of H-pyrrole nitrogens is 1. The third kappa shape index (κ3) is 4.74. The summed E-state index contributed by atoms with van der Waals surface area (Å²) in [6.07, 6.45) is 3.81. The molecule has 1 amide bonds. The third-order valence-corrected chi connectivity index (χ3v) is 5.91. The Kier molecular flexibility index (Phi) is 5.99. The second-order valence-corrected chi connectivity index (χ2v) is 8.44. The highest BCUT2D eigenvalue weighted by molar-refractivity contribution is 5.81. The second kappa shape index (κ2) is 8.64. The van der Waals surface area contributed by atoms with Gasteiger partial charge in [0.2, 0.25) is 5.91 Å². The lowest BCUT2D eigenvalue weighted by Gasteiger charge is -2.17. The molecule has 0 radical (unpaired) electrons. The number of ether oxygens (including phenoxy) is 1. The van der Waals surface area contributed by atoms with Crippen molar-refractivity contribution in [2.75, 3.05) is 46.9 Å². The minimum atomic E-state index is 0.0288. The van der Waals surface area contributed by atoms with Gasteiger partial charge in [-0.1, -0.05) is 6.07 Å². The number of carbonyl (C=O) groups excluding carboxylic acids is 1. The summed E-state index contributed by atoms with van der Waals surface area (Å²) >= 11 is 0. The number of fused-ring (bicyclic) bond motifs is 1. The number of benzene rings is 1. The van der Waals surface area contributed by atoms with Crippen molar-refractivity contribution < 1.29 is 9.53 Å². The SMILES string of the molecule is CN(C)C(=O)COC1CCN(Cc2ccc3[nH]c(CN4CCCC4)cc3c2)C1. The number of nitrogens with zero attached hydrogens (tertiary/aromatic N) is 3. The van der Waals surface area contributed by atoms with Crippen LogP contribution in [0.15, 0.2) is 24.3 Å². The van der Waals surface area contributed by atoms with Gasteiger partial charge in [-0.25, -0.2) is 0 Å². The van der Waals surface area contributed by atoms with Crippen LogP contribution >= 0.6 is 0 Å². The van der Waals surface area contributed by atoms with E-state index in [9.17, 15) is 4.79 Å². The van der Waals surface area contributed by atoms with E-state index in [1.54, 1.807) is 19.0 Å². The first-order valence-electron chi connectivity index (χ1n) is 10.4. The maximum atomic E-state index is 11.7. The third-order valence-electron chi connectivity index (χ3n) is 5.91. The normalized spacial score (nSPS) is 21.0. The van der Waals surface area contributed by atoms with E-state index in [1.807, 2.05) is 0 Å². The molecule has 2 aromatic rings. The van der Waals surface area contributed by atoms with Gasteiger partial charge in [0.25, 0.3) is 0 Å². The van der Waals surface area contributed by atoms with Gasteiger partial charge in [-0.05, 0) is 56.1 Å². The maximum Gasteiger partial charge on any atom is 0.248 e. The predicted octanol–water partition coefficient (Wildman–Crippen LogP) is 2.44. The van der Waals surface area contributed by atoms with E-state index in [-0.39, 0.29) is 18.6 Å². The van der Waals surface area contributed by atoms with Crippen LogP contribution in [0.5, 0.6) is 0 Å². The van der Waals surface area contributed by atoms with E-state index in [0.29, 0.717) is 0 Å². The van der Waals surface area contributed by atoms with Crippen molar-refractivity contribution in [3.63, 3.8) is 0 Å². The van der Waals surface area contributed by atoms with Crippen molar-refractivity contribution in [2.24, 2.45) is 0 Å². The van der Waals surface area contributed by atoms with E-state index in [0.717, 1.165) is 32.6 Å². The lowest BCUT2D eigenvalue weighted by Crippen LogP contribution is -2.30. The van der Waals surface area contributed by atoms with Gasteiger partial charge in [-0.3, -0.25) is 14.6 Å². The van der Waals surface area contributed by atoms with Crippen molar-refractivity contribution in [1.29, 1.82) is 0 Å². The molecule has 3 heterocycles. The lowest BCUT2D eigenvalue weighted by atomic mass is 10.1. The number of likely N-dealkylation sites (tertiary alicyclic amines) is 2. The van der Waals surface area contributed by atoms with Crippen molar-refractivity contribution >= 4 is 16.8 Å². The average Bonchev–Trinajstić information content (AvgIpc) is 3.40. The molecule has 0 saturated carbocycles. The number of rotatable bonds is 7. The van der Waals surface area contributed by atoms with Gasteiger partial charge in [0.05, 0.1) is 6.10 Å². The zero-order chi connectivity index (χ0) is 19.5. The van der Waals surface area contributed by atoms with Crippen LogP contribution in [0.2, 0.25) is 0 Å². The molecule has 2 aliphatic heterocycles. The van der Waals surface area contributed by atoms with Crippen molar-refractivity contribution in [3.05, 3.63) is 35.5 Å². The zero-order valence-electron chi connectivity index (χ0n) is 17.1. The fourth-order valence-electron chi connectivity index (χ4n) is 4.26. The molecule has 0 spiro atoms. The van der Waals surface area contributed by atoms with Gasteiger partial charge < -0.3 is 14.6 Å². The first-order chi connectivity index (χ1) is 13.6. The molecule has 0 bridgehead atoms. The number of aromatic amines is 1. The molecular weight excluding hydrogens is 352 g/mol. The van der Waals surface area contributed by atoms with E-state index in [4.69, 9.17) is 4.74 Å². The fraction of sp³-hybridized carbons (Fsp3) is 0.591. The number of hydrogen-bond donors (Lipinski definition) is 1. The molecule has 1 atom stereocenters. The summed E-state index contributed by atoms with van der Waals surface area (Å²) in [5, 5.41) is 1.30. The number of carbonyl (C=O) groups is 1. The molecule has 0 aliphatic carbocycles. The number of amides is 1. The molecule has 2 fully saturated rings. The molecule has 1 aromatic heterocycles. The van der Waals surface area contributed by atoms with E-state index in [1.165, 1.54) is 48.1 Å². The lowest BCUT2D eigenvalue weighted by molar-refractivity contribution is -0.135. The highest BCUT2D eigenvalue weighted by atomic mass is 16.5. The smallest absolute Gasteiger partial charge is 0.248 e. The Labute approximate surface area is 167 Å². The summed E-state index contributed by atoms with van der Waals surface area (Å²) in [6, 6.07) is 9.04. The van der Waals surface area contributed by atoms with Gasteiger partial charge in [0.15, 0.2) is 0 Å². The van der Waals surface area contributed by atoms with Crippen LogP contribution in [0.4, 0.5) is 0 Å². The summed E-state index contributed by atoms with van der Waals surface area (Å²) in [7, 11) is 3.53. The zero-order valence-corrected chi connectivity index (χ0v) is 17.1. The molecule has 1 unspecified atom stereocenters. The van der Waals surface area contributed by atoms with Crippen LogP contribution in [0.1, 0.15) is 30.5 Å². The molecular formula is C22H32N4O2. The first-order valence-corrected chi connectivity index (χ1v) is 10.4. The molecule has 2 aliphatic rings. The van der Waals surface area contributed by atoms with Gasteiger partial charge in [-0.2, -0.15) is 0 Å². The summed E-state index contributed by atoms with van der Waals surface area (Å²) < 4.78 is 5.79. The highest BCUT2D eigenvalue weighted by Crippen LogP contribution is 2.22. The Morgan fingerprint density at radius 1 is 1.14 bits per heavy atom. The maximum absolute atomic E-state index is 11.7. The van der Waals surface area contributed by atoms with Crippen LogP contribution < -0.4 is 0 Å². The molecule has 1 aromatic carbocycles. The number of hydrogen-bond acceptors (Lipinski definition) is 4. The Morgan fingerprint density at radius 2 is 1.96 bits per heavy atom. The molecule has 152 valence electrons. The van der Waals surface area contributed by atoms with Crippen LogP contribution in [-0.4, -0.2) is 78.6 Å². The van der Waals surface area contributed by atoms with Gasteiger partial charge in [0, 0.05) is 56.9 Å². The van der Waals surface area contributed by atoms with E-state index in [2.05, 4.69) is 39.0 Å². The van der Waals surface area contributed by atoms with Crippen LogP contribution in [0.3, 0.4) is 0 Å². The fourth-order valence-corrected chi connectivity index (χ4v) is 4.26. The molecule has 6 nitrogen and oxygen atoms in total. The van der Waals surface area contributed by atoms with Gasteiger partial charge in [-0.15, -0.1) is 0 Å². The Hall–Kier alpha value is -1.89. The summed E-state index contributed by atoms with van der Waals surface area (Å²) in [6.45, 7) is 6.50. The number of nitrogens with one attached hydrogen (secondary N) is 1. The molecule has 2 saturated heterocycles. The first kappa shape index (κ1) is 19.4. The van der Waals surface area contributed by atoms with Gasteiger partial charge in [0.1, 0.15) is 6.61 Å². The number of likely N-dealkylation sites (N-methyl/N-ethyl adjacent to an activating group) is 1. The van der Waals surface area contributed by atoms with Crippen molar-refractivity contribution in [1.82, 2.24) is 19.7 Å². The molecule has 6 heteroatoms. The monoisotopic (exact) mass is 384 g/mol. The quantitative estimate of drug-likeness (QED) is 0.797. The standard InChI is InChI=1S/C22H32N4O2/c1-24(2)22(27)16-28-20-7-10-26(15-20)13-17-5-6-21-18(11-17)12-19(23-21)14-25-8-3-4-9-25/h5-6,11-12,20,23H,3-4,7-10,13-16H2,1-2H3. The van der Waals surface area contributed by atoms with Crippen molar-refractivity contribution in [3.8, 4) is 0 Å². The average molecular weight is 385 g/mol. The van der Waals surface area contributed by atoms with E-state index >= 15 is 0 Å². The topological polar surface area (TPSA) is 51.8 Å². The molecule has 4 rings (SSSR count). The minimum absolute atomic E-state index is 0.0288. The molecule has 1 N–H and O–H groups in total. The Morgan fingerprint density at radius 3 is 2.75 bits per heavy atom. The van der Waals surface area contributed by atoms with Crippen LogP contribution in [0, 0.1) is 0 Å². The van der Waals surface area contributed by atoms with Gasteiger partial charge >= 0.3 is 0 Å². The highest BCUT2D eigenvalue weighted by Gasteiger charge is 2.24. The summed E-state index contributed by atoms with van der Waals surface area (Å²) in [4.78, 5) is 21.8. The number of aromatic nitrogens is 1. The summed E-state index contributed by atoms with van der Waals surface area (Å²) in [5.74, 6) is 0.0288. The summed E-state index contributed by atoms with van der Waals surface area (Å²) in [5.41, 5.74) is 3.88. The Bertz CT molecular complexity index is 810.